The van der Waals surface area contributed by atoms with Crippen molar-refractivity contribution in [1.29, 1.82) is 0 Å². The molecule has 0 spiro atoms. The average molecular weight is 670 g/mol. The number of nitrogens with zero attached hydrogens (tertiary/aromatic N) is 3. The van der Waals surface area contributed by atoms with Crippen molar-refractivity contribution >= 4 is 46.4 Å². The number of halogens is 2. The summed E-state index contributed by atoms with van der Waals surface area (Å²) in [6.07, 6.45) is 1.64. The zero-order valence-electron chi connectivity index (χ0n) is 24.8. The molecule has 236 valence electrons. The largest absolute Gasteiger partial charge is 0.488 e. The number of hydrogen-bond donors (Lipinski definition) is 0. The molecule has 0 aliphatic carbocycles. The van der Waals surface area contributed by atoms with Crippen LogP contribution in [0.15, 0.2) is 112 Å². The molecule has 0 N–H and O–H groups in total. The summed E-state index contributed by atoms with van der Waals surface area (Å²) in [6.45, 7) is 1.90. The van der Waals surface area contributed by atoms with Gasteiger partial charge >= 0.3 is 5.97 Å². The molecule has 5 aromatic rings. The molecule has 47 heavy (non-hydrogen) atoms. The molecule has 4 aromatic carbocycles. The zero-order valence-corrected chi connectivity index (χ0v) is 26.3. The SMILES string of the molecule is CCOC(=O)C1=C(c2ccccc2)N=c2s/c(=C\c3cc(Cl)ccc3OCc3ccc([N+](=O)[O-])cc3)c(=O)n2[C@H]1c1ccc(F)cc1. The van der Waals surface area contributed by atoms with E-state index in [2.05, 4.69) is 0 Å². The lowest BCUT2D eigenvalue weighted by atomic mass is 9.93. The maximum Gasteiger partial charge on any atom is 0.338 e. The highest BCUT2D eigenvalue weighted by molar-refractivity contribution is 7.07. The maximum atomic E-state index is 14.2. The van der Waals surface area contributed by atoms with Gasteiger partial charge in [0.15, 0.2) is 4.80 Å². The fourth-order valence-electron chi connectivity index (χ4n) is 5.18. The van der Waals surface area contributed by atoms with Gasteiger partial charge in [0.2, 0.25) is 0 Å². The minimum Gasteiger partial charge on any atom is -0.488 e. The Hall–Kier alpha value is -5.39. The summed E-state index contributed by atoms with van der Waals surface area (Å²) in [6, 6.07) is 24.7. The molecule has 12 heteroatoms. The summed E-state index contributed by atoms with van der Waals surface area (Å²) in [4.78, 5) is 43.5. The van der Waals surface area contributed by atoms with Crippen molar-refractivity contribution in [3.63, 3.8) is 0 Å². The number of rotatable bonds is 9. The van der Waals surface area contributed by atoms with E-state index in [1.807, 2.05) is 30.3 Å². The van der Waals surface area contributed by atoms with Gasteiger partial charge in [-0.05, 0) is 66.6 Å². The molecule has 0 fully saturated rings. The smallest absolute Gasteiger partial charge is 0.338 e. The van der Waals surface area contributed by atoms with Crippen LogP contribution < -0.4 is 19.6 Å². The highest BCUT2D eigenvalue weighted by atomic mass is 35.5. The fraction of sp³-hybridized carbons (Fsp3) is 0.114. The summed E-state index contributed by atoms with van der Waals surface area (Å²) in [7, 11) is 0. The van der Waals surface area contributed by atoms with Crippen LogP contribution in [0.1, 0.15) is 35.2 Å². The standard InChI is InChI=1S/C35H25ClFN3O6S/c1-2-45-34(42)30-31(22-6-4-3-5-7-22)38-35-39(32(30)23-10-13-26(37)14-11-23)33(41)29(47-35)19-24-18-25(36)12-17-28(24)46-20-21-8-15-27(16-9-21)40(43)44/h3-19,32H,2,20H2,1H3/b29-19-/t32-/m0/s1. The molecular weight excluding hydrogens is 645 g/mol. The molecule has 0 radical (unpaired) electrons. The number of carbonyl (C=O) groups is 1. The Bertz CT molecular complexity index is 2200. The second-order valence-corrected chi connectivity index (χ2v) is 11.8. The van der Waals surface area contributed by atoms with E-state index in [0.29, 0.717) is 43.5 Å². The monoisotopic (exact) mass is 669 g/mol. The molecular formula is C35H25ClFN3O6S. The lowest BCUT2D eigenvalue weighted by Crippen LogP contribution is -2.40. The first-order chi connectivity index (χ1) is 22.7. The zero-order chi connectivity index (χ0) is 33.1. The highest BCUT2D eigenvalue weighted by Crippen LogP contribution is 2.35. The number of nitro benzene ring substituents is 1. The van der Waals surface area contributed by atoms with E-state index in [1.165, 1.54) is 41.0 Å². The van der Waals surface area contributed by atoms with E-state index in [9.17, 15) is 24.1 Å². The molecule has 0 saturated heterocycles. The van der Waals surface area contributed by atoms with Crippen molar-refractivity contribution in [1.82, 2.24) is 4.57 Å². The summed E-state index contributed by atoms with van der Waals surface area (Å²) >= 11 is 7.47. The minimum atomic E-state index is -0.958. The van der Waals surface area contributed by atoms with Gasteiger partial charge in [0.05, 0.1) is 33.4 Å². The van der Waals surface area contributed by atoms with Gasteiger partial charge in [-0.2, -0.15) is 0 Å². The van der Waals surface area contributed by atoms with Gasteiger partial charge in [-0.1, -0.05) is 65.4 Å². The third-order valence-electron chi connectivity index (χ3n) is 7.36. The third-order valence-corrected chi connectivity index (χ3v) is 8.58. The number of nitro groups is 1. The van der Waals surface area contributed by atoms with Gasteiger partial charge in [-0.3, -0.25) is 19.5 Å². The van der Waals surface area contributed by atoms with Crippen LogP contribution in [-0.4, -0.2) is 22.1 Å². The first-order valence-corrected chi connectivity index (χ1v) is 15.6. The van der Waals surface area contributed by atoms with Gasteiger partial charge in [0.25, 0.3) is 11.2 Å². The summed E-state index contributed by atoms with van der Waals surface area (Å²) in [5, 5.41) is 11.4. The van der Waals surface area contributed by atoms with Crippen LogP contribution in [0.25, 0.3) is 11.8 Å². The minimum absolute atomic E-state index is 0.0308. The molecule has 0 amide bonds. The van der Waals surface area contributed by atoms with E-state index in [0.717, 1.165) is 11.3 Å². The Morgan fingerprint density at radius 2 is 1.79 bits per heavy atom. The number of hydrogen-bond acceptors (Lipinski definition) is 8. The van der Waals surface area contributed by atoms with Gasteiger partial charge in [0, 0.05) is 28.3 Å². The van der Waals surface area contributed by atoms with Crippen molar-refractivity contribution < 1.29 is 23.6 Å². The molecule has 1 aliphatic rings. The fourth-order valence-corrected chi connectivity index (χ4v) is 6.35. The lowest BCUT2D eigenvalue weighted by molar-refractivity contribution is -0.384. The first kappa shape index (κ1) is 31.6. The van der Waals surface area contributed by atoms with E-state index in [-0.39, 0.29) is 29.0 Å². The Morgan fingerprint density at radius 3 is 2.47 bits per heavy atom. The van der Waals surface area contributed by atoms with Crippen LogP contribution in [0.2, 0.25) is 5.02 Å². The molecule has 1 aromatic heterocycles. The third kappa shape index (κ3) is 6.62. The number of ether oxygens (including phenoxy) is 2. The van der Waals surface area contributed by atoms with Crippen LogP contribution in [0.3, 0.4) is 0 Å². The predicted octanol–water partition coefficient (Wildman–Crippen LogP) is 6.22. The molecule has 1 atom stereocenters. The highest BCUT2D eigenvalue weighted by Gasteiger charge is 2.35. The second-order valence-electron chi connectivity index (χ2n) is 10.4. The number of non-ortho nitro benzene ring substituents is 1. The van der Waals surface area contributed by atoms with Gasteiger partial charge < -0.3 is 9.47 Å². The van der Waals surface area contributed by atoms with Crippen molar-refractivity contribution in [3.05, 3.63) is 166 Å². The second kappa shape index (κ2) is 13.5. The molecule has 1 aliphatic heterocycles. The number of carbonyl (C=O) groups excluding carboxylic acids is 1. The normalized spacial score (nSPS) is 14.4. The van der Waals surface area contributed by atoms with Crippen LogP contribution in [0.4, 0.5) is 10.1 Å². The molecule has 0 bridgehead atoms. The van der Waals surface area contributed by atoms with Gasteiger partial charge in [0.1, 0.15) is 18.2 Å². The number of thiazole rings is 1. The van der Waals surface area contributed by atoms with E-state index >= 15 is 0 Å². The van der Waals surface area contributed by atoms with Crippen molar-refractivity contribution in [2.24, 2.45) is 4.99 Å². The van der Waals surface area contributed by atoms with Crippen LogP contribution in [0, 0.1) is 15.9 Å². The molecule has 2 heterocycles. The summed E-state index contributed by atoms with van der Waals surface area (Å²) in [5.41, 5.74) is 2.40. The molecule has 9 nitrogen and oxygen atoms in total. The Labute approximate surface area is 276 Å². The predicted molar refractivity (Wildman–Crippen MR) is 176 cm³/mol. The van der Waals surface area contributed by atoms with Crippen molar-refractivity contribution in [2.75, 3.05) is 6.61 Å². The van der Waals surface area contributed by atoms with Crippen molar-refractivity contribution in [2.45, 2.75) is 19.6 Å². The van der Waals surface area contributed by atoms with Crippen LogP contribution in [0.5, 0.6) is 5.75 Å². The number of benzene rings is 4. The van der Waals surface area contributed by atoms with Crippen LogP contribution in [-0.2, 0) is 16.1 Å². The van der Waals surface area contributed by atoms with E-state index in [1.54, 1.807) is 43.3 Å². The van der Waals surface area contributed by atoms with Crippen molar-refractivity contribution in [3.8, 4) is 5.75 Å². The Balaban J connectivity index is 1.49. The van der Waals surface area contributed by atoms with Crippen LogP contribution >= 0.6 is 22.9 Å². The Kier molecular flexibility index (Phi) is 9.10. The first-order valence-electron chi connectivity index (χ1n) is 14.4. The van der Waals surface area contributed by atoms with E-state index in [4.69, 9.17) is 26.1 Å². The van der Waals surface area contributed by atoms with E-state index < -0.39 is 28.3 Å². The van der Waals surface area contributed by atoms with Gasteiger partial charge in [-0.15, -0.1) is 0 Å². The number of aromatic nitrogens is 1. The maximum absolute atomic E-state index is 14.2. The summed E-state index contributed by atoms with van der Waals surface area (Å²) < 4.78 is 27.3. The number of esters is 1. The summed E-state index contributed by atoms with van der Waals surface area (Å²) in [5.74, 6) is -0.686. The average Bonchev–Trinajstić information content (AvgIpc) is 3.38. The number of fused-ring (bicyclic) bond motifs is 1. The molecule has 6 rings (SSSR count). The topological polar surface area (TPSA) is 113 Å². The lowest BCUT2D eigenvalue weighted by Gasteiger charge is -2.25. The quantitative estimate of drug-likeness (QED) is 0.105. The molecule has 0 unspecified atom stereocenters. The molecule has 0 saturated carbocycles. The van der Waals surface area contributed by atoms with Gasteiger partial charge in [-0.25, -0.2) is 14.2 Å². The Morgan fingerprint density at radius 1 is 1.06 bits per heavy atom.